The number of carbonyl (C=O) groups is 1. The van der Waals surface area contributed by atoms with Crippen LogP contribution in [0.5, 0.6) is 0 Å². The van der Waals surface area contributed by atoms with Gasteiger partial charge < -0.3 is 10.1 Å². The van der Waals surface area contributed by atoms with Crippen LogP contribution in [0.4, 0.5) is 4.79 Å². The minimum atomic E-state index is -0.290. The Bertz CT molecular complexity index is 206. The molecule has 0 aliphatic heterocycles. The van der Waals surface area contributed by atoms with Crippen molar-refractivity contribution < 1.29 is 9.53 Å². The third-order valence-electron chi connectivity index (χ3n) is 2.49. The number of amides is 1. The molecule has 96 valence electrons. The highest BCUT2D eigenvalue weighted by Crippen LogP contribution is 2.28. The normalized spacial score (nSPS) is 13.7. The Morgan fingerprint density at radius 3 is 2.25 bits per heavy atom. The predicted molar refractivity (Wildman–Crippen MR) is 67.5 cm³/mol. The summed E-state index contributed by atoms with van der Waals surface area (Å²) >= 11 is 0. The van der Waals surface area contributed by atoms with E-state index in [1.165, 1.54) is 0 Å². The molecule has 0 radical (unpaired) electrons. The van der Waals surface area contributed by atoms with Crippen LogP contribution in [0.15, 0.2) is 0 Å². The maximum atomic E-state index is 11.5. The summed E-state index contributed by atoms with van der Waals surface area (Å²) in [4.78, 5) is 11.5. The van der Waals surface area contributed by atoms with Crippen molar-refractivity contribution >= 4 is 6.09 Å². The third kappa shape index (κ3) is 5.99. The van der Waals surface area contributed by atoms with Crippen LogP contribution in [0.2, 0.25) is 0 Å². The Balaban J connectivity index is 4.15. The molecule has 1 atom stereocenters. The highest BCUT2D eigenvalue weighted by Gasteiger charge is 2.30. The number of hydrogen-bond donors (Lipinski definition) is 1. The second-order valence-corrected chi connectivity index (χ2v) is 5.72. The molecule has 0 aromatic heterocycles. The highest BCUT2D eigenvalue weighted by molar-refractivity contribution is 5.67. The van der Waals surface area contributed by atoms with E-state index in [2.05, 4.69) is 46.9 Å². The SMILES string of the molecule is CCCCNC(=O)OC(C(C)C)C(C)(C)C. The molecular weight excluding hydrogens is 202 g/mol. The molecule has 0 rings (SSSR count). The van der Waals surface area contributed by atoms with E-state index >= 15 is 0 Å². The van der Waals surface area contributed by atoms with Crippen LogP contribution >= 0.6 is 0 Å². The zero-order valence-electron chi connectivity index (χ0n) is 11.6. The minimum absolute atomic E-state index is 0.0176. The highest BCUT2D eigenvalue weighted by atomic mass is 16.6. The fraction of sp³-hybridized carbons (Fsp3) is 0.923. The largest absolute Gasteiger partial charge is 0.445 e. The summed E-state index contributed by atoms with van der Waals surface area (Å²) in [5.74, 6) is 0.330. The fourth-order valence-corrected chi connectivity index (χ4v) is 1.84. The van der Waals surface area contributed by atoms with Gasteiger partial charge in [0.05, 0.1) is 0 Å². The van der Waals surface area contributed by atoms with Crippen molar-refractivity contribution in [3.05, 3.63) is 0 Å². The van der Waals surface area contributed by atoms with Crippen molar-refractivity contribution in [3.63, 3.8) is 0 Å². The van der Waals surface area contributed by atoms with Crippen LogP contribution in [-0.2, 0) is 4.74 Å². The molecular formula is C13H27NO2. The fourth-order valence-electron chi connectivity index (χ4n) is 1.84. The Hall–Kier alpha value is -0.730. The molecule has 1 amide bonds. The Morgan fingerprint density at radius 1 is 1.31 bits per heavy atom. The van der Waals surface area contributed by atoms with E-state index in [-0.39, 0.29) is 17.6 Å². The average molecular weight is 229 g/mol. The van der Waals surface area contributed by atoms with Gasteiger partial charge in [-0.15, -0.1) is 0 Å². The van der Waals surface area contributed by atoms with Crippen molar-refractivity contribution in [2.45, 2.75) is 60.5 Å². The number of hydrogen-bond acceptors (Lipinski definition) is 2. The maximum Gasteiger partial charge on any atom is 0.407 e. The van der Waals surface area contributed by atoms with E-state index in [4.69, 9.17) is 4.74 Å². The first-order valence-corrected chi connectivity index (χ1v) is 6.23. The van der Waals surface area contributed by atoms with Crippen molar-refractivity contribution in [2.24, 2.45) is 11.3 Å². The number of unbranched alkanes of at least 4 members (excludes halogenated alkanes) is 1. The summed E-state index contributed by atoms with van der Waals surface area (Å²) in [6, 6.07) is 0. The van der Waals surface area contributed by atoms with Gasteiger partial charge in [-0.3, -0.25) is 0 Å². The summed E-state index contributed by atoms with van der Waals surface area (Å²) in [7, 11) is 0. The van der Waals surface area contributed by atoms with Crippen LogP contribution in [0.25, 0.3) is 0 Å². The first-order chi connectivity index (χ1) is 7.29. The van der Waals surface area contributed by atoms with Crippen molar-refractivity contribution in [1.29, 1.82) is 0 Å². The summed E-state index contributed by atoms with van der Waals surface area (Å²) in [6.07, 6.45) is 1.74. The Morgan fingerprint density at radius 2 is 1.88 bits per heavy atom. The monoisotopic (exact) mass is 229 g/mol. The lowest BCUT2D eigenvalue weighted by Crippen LogP contribution is -2.39. The van der Waals surface area contributed by atoms with Crippen LogP contribution in [-0.4, -0.2) is 18.7 Å². The van der Waals surface area contributed by atoms with Gasteiger partial charge in [0, 0.05) is 6.54 Å². The van der Waals surface area contributed by atoms with Gasteiger partial charge in [0.1, 0.15) is 6.10 Å². The molecule has 0 spiro atoms. The maximum absolute atomic E-state index is 11.5. The zero-order valence-corrected chi connectivity index (χ0v) is 11.6. The van der Waals surface area contributed by atoms with E-state index < -0.39 is 0 Å². The van der Waals surface area contributed by atoms with Gasteiger partial charge in [-0.2, -0.15) is 0 Å². The van der Waals surface area contributed by atoms with Gasteiger partial charge in [-0.25, -0.2) is 4.79 Å². The van der Waals surface area contributed by atoms with Crippen molar-refractivity contribution in [1.82, 2.24) is 5.32 Å². The van der Waals surface area contributed by atoms with Crippen molar-refractivity contribution in [2.75, 3.05) is 6.54 Å². The summed E-state index contributed by atoms with van der Waals surface area (Å²) in [5.41, 5.74) is -0.0176. The van der Waals surface area contributed by atoms with Gasteiger partial charge in [0.25, 0.3) is 0 Å². The molecule has 0 heterocycles. The predicted octanol–water partition coefficient (Wildman–Crippen LogP) is 3.58. The van der Waals surface area contributed by atoms with E-state index in [9.17, 15) is 4.79 Å². The molecule has 0 aromatic carbocycles. The molecule has 3 heteroatoms. The van der Waals surface area contributed by atoms with Crippen LogP contribution in [0, 0.1) is 11.3 Å². The van der Waals surface area contributed by atoms with Crippen LogP contribution in [0.1, 0.15) is 54.4 Å². The quantitative estimate of drug-likeness (QED) is 0.732. The van der Waals surface area contributed by atoms with Gasteiger partial charge in [-0.1, -0.05) is 48.0 Å². The van der Waals surface area contributed by atoms with Crippen LogP contribution < -0.4 is 5.32 Å². The lowest BCUT2D eigenvalue weighted by molar-refractivity contribution is 0.00205. The number of carbonyl (C=O) groups excluding carboxylic acids is 1. The summed E-state index contributed by atoms with van der Waals surface area (Å²) in [6.45, 7) is 13.2. The molecule has 0 saturated carbocycles. The van der Waals surface area contributed by atoms with Gasteiger partial charge in [0.15, 0.2) is 0 Å². The molecule has 1 N–H and O–H groups in total. The van der Waals surface area contributed by atoms with E-state index in [1.807, 2.05) is 0 Å². The Kier molecular flexibility index (Phi) is 6.46. The minimum Gasteiger partial charge on any atom is -0.445 e. The van der Waals surface area contributed by atoms with E-state index in [1.54, 1.807) is 0 Å². The molecule has 1 unspecified atom stereocenters. The number of ether oxygens (including phenoxy) is 1. The number of alkyl carbamates (subject to hydrolysis) is 1. The molecule has 0 bridgehead atoms. The molecule has 0 fully saturated rings. The molecule has 0 saturated heterocycles. The van der Waals surface area contributed by atoms with E-state index in [0.29, 0.717) is 12.5 Å². The topological polar surface area (TPSA) is 38.3 Å². The smallest absolute Gasteiger partial charge is 0.407 e. The second-order valence-electron chi connectivity index (χ2n) is 5.72. The lowest BCUT2D eigenvalue weighted by Gasteiger charge is -2.33. The molecule has 16 heavy (non-hydrogen) atoms. The molecule has 3 nitrogen and oxygen atoms in total. The molecule has 0 aromatic rings. The Labute approximate surface area is 99.9 Å². The van der Waals surface area contributed by atoms with Crippen molar-refractivity contribution in [3.8, 4) is 0 Å². The summed E-state index contributed by atoms with van der Waals surface area (Å²) < 4.78 is 5.47. The molecule has 0 aliphatic carbocycles. The first-order valence-electron chi connectivity index (χ1n) is 6.23. The van der Waals surface area contributed by atoms with Gasteiger partial charge >= 0.3 is 6.09 Å². The van der Waals surface area contributed by atoms with Gasteiger partial charge in [-0.05, 0) is 17.8 Å². The number of rotatable bonds is 5. The first kappa shape index (κ1) is 15.3. The lowest BCUT2D eigenvalue weighted by atomic mass is 9.82. The standard InChI is InChI=1S/C13H27NO2/c1-7-8-9-14-12(15)16-11(10(2)3)13(4,5)6/h10-11H,7-9H2,1-6H3,(H,14,15). The molecule has 0 aliphatic rings. The average Bonchev–Trinajstić information content (AvgIpc) is 2.12. The van der Waals surface area contributed by atoms with Gasteiger partial charge in [0.2, 0.25) is 0 Å². The zero-order chi connectivity index (χ0) is 12.8. The third-order valence-corrected chi connectivity index (χ3v) is 2.49. The summed E-state index contributed by atoms with van der Waals surface area (Å²) in [5, 5.41) is 2.78. The second kappa shape index (κ2) is 6.77. The van der Waals surface area contributed by atoms with E-state index in [0.717, 1.165) is 12.8 Å². The number of nitrogens with one attached hydrogen (secondary N) is 1. The van der Waals surface area contributed by atoms with Crippen LogP contribution in [0.3, 0.4) is 0 Å².